The first kappa shape index (κ1) is 13.0. The van der Waals surface area contributed by atoms with E-state index < -0.39 is 0 Å². The summed E-state index contributed by atoms with van der Waals surface area (Å²) in [6.45, 7) is 12.8. The fraction of sp³-hybridized carbons (Fsp3) is 0.467. The Morgan fingerprint density at radius 1 is 1.12 bits per heavy atom. The third-order valence-electron chi connectivity index (χ3n) is 2.94. The molecule has 1 heteroatoms. The molecule has 1 aromatic carbocycles. The van der Waals surface area contributed by atoms with Crippen LogP contribution >= 0.6 is 0 Å². The minimum atomic E-state index is 0.975. The van der Waals surface area contributed by atoms with Crippen LogP contribution in [0.4, 0.5) is 0 Å². The largest absolute Gasteiger partial charge is 0.313 e. The lowest BCUT2D eigenvalue weighted by molar-refractivity contribution is 0.778. The van der Waals surface area contributed by atoms with Gasteiger partial charge < -0.3 is 5.32 Å². The molecule has 0 aliphatic rings. The average Bonchev–Trinajstić information content (AvgIpc) is 2.23. The normalized spacial score (nSPS) is 11.9. The molecule has 0 spiro atoms. The van der Waals surface area contributed by atoms with Crippen molar-refractivity contribution in [2.45, 2.75) is 34.6 Å². The molecule has 0 unspecified atom stereocenters. The van der Waals surface area contributed by atoms with Gasteiger partial charge in [0.05, 0.1) is 0 Å². The van der Waals surface area contributed by atoms with Gasteiger partial charge in [0, 0.05) is 6.54 Å². The van der Waals surface area contributed by atoms with Gasteiger partial charge in [0.1, 0.15) is 0 Å². The highest BCUT2D eigenvalue weighted by Crippen LogP contribution is 2.17. The molecule has 0 bridgehead atoms. The third kappa shape index (κ3) is 3.49. The predicted molar refractivity (Wildman–Crippen MR) is 72.8 cm³/mol. The lowest BCUT2D eigenvalue weighted by Gasteiger charge is -2.08. The SMILES string of the molecule is CCNCC(C)=Cc1cc(C)c(C)cc1C. The molecular formula is C15H23N. The van der Waals surface area contributed by atoms with Gasteiger partial charge in [-0.2, -0.15) is 0 Å². The van der Waals surface area contributed by atoms with Crippen LogP contribution in [-0.2, 0) is 0 Å². The summed E-state index contributed by atoms with van der Waals surface area (Å²) in [7, 11) is 0. The maximum atomic E-state index is 3.35. The molecule has 0 atom stereocenters. The van der Waals surface area contributed by atoms with E-state index >= 15 is 0 Å². The third-order valence-corrected chi connectivity index (χ3v) is 2.94. The van der Waals surface area contributed by atoms with E-state index in [1.807, 2.05) is 0 Å². The summed E-state index contributed by atoms with van der Waals surface area (Å²) in [6.07, 6.45) is 2.28. The van der Waals surface area contributed by atoms with Crippen molar-refractivity contribution in [2.75, 3.05) is 13.1 Å². The Bertz CT molecular complexity index is 389. The van der Waals surface area contributed by atoms with E-state index in [1.165, 1.54) is 27.8 Å². The number of likely N-dealkylation sites (N-methyl/N-ethyl adjacent to an activating group) is 1. The summed E-state index contributed by atoms with van der Waals surface area (Å²) in [6, 6.07) is 4.54. The molecule has 16 heavy (non-hydrogen) atoms. The Labute approximate surface area is 99.6 Å². The maximum Gasteiger partial charge on any atom is 0.0165 e. The zero-order valence-corrected chi connectivity index (χ0v) is 11.1. The molecule has 0 aliphatic heterocycles. The number of hydrogen-bond acceptors (Lipinski definition) is 1. The lowest BCUT2D eigenvalue weighted by atomic mass is 9.99. The fourth-order valence-electron chi connectivity index (χ4n) is 1.78. The predicted octanol–water partition coefficient (Wildman–Crippen LogP) is 3.62. The van der Waals surface area contributed by atoms with E-state index in [4.69, 9.17) is 0 Å². The van der Waals surface area contributed by atoms with Gasteiger partial charge in [0.15, 0.2) is 0 Å². The Balaban J connectivity index is 2.92. The first-order valence-electron chi connectivity index (χ1n) is 6.00. The number of nitrogens with one attached hydrogen (secondary N) is 1. The molecule has 0 aliphatic carbocycles. The van der Waals surface area contributed by atoms with Crippen LogP contribution < -0.4 is 5.32 Å². The van der Waals surface area contributed by atoms with Crippen LogP contribution in [0.3, 0.4) is 0 Å². The van der Waals surface area contributed by atoms with Crippen molar-refractivity contribution >= 4 is 6.08 Å². The van der Waals surface area contributed by atoms with E-state index in [1.54, 1.807) is 0 Å². The van der Waals surface area contributed by atoms with Crippen LogP contribution in [0.2, 0.25) is 0 Å². The van der Waals surface area contributed by atoms with Crippen molar-refractivity contribution in [3.8, 4) is 0 Å². The Morgan fingerprint density at radius 2 is 1.75 bits per heavy atom. The molecule has 1 rings (SSSR count). The molecule has 0 amide bonds. The quantitative estimate of drug-likeness (QED) is 0.812. The zero-order valence-electron chi connectivity index (χ0n) is 11.1. The first-order chi connectivity index (χ1) is 7.54. The minimum Gasteiger partial charge on any atom is -0.313 e. The highest BCUT2D eigenvalue weighted by atomic mass is 14.8. The van der Waals surface area contributed by atoms with Gasteiger partial charge in [-0.25, -0.2) is 0 Å². The molecule has 1 nitrogen and oxygen atoms in total. The van der Waals surface area contributed by atoms with Crippen LogP contribution in [0, 0.1) is 20.8 Å². The summed E-state index contributed by atoms with van der Waals surface area (Å²) in [5.41, 5.74) is 6.83. The molecule has 0 aromatic heterocycles. The molecule has 0 saturated heterocycles. The summed E-state index contributed by atoms with van der Waals surface area (Å²) < 4.78 is 0. The van der Waals surface area contributed by atoms with Crippen molar-refractivity contribution in [1.29, 1.82) is 0 Å². The monoisotopic (exact) mass is 217 g/mol. The van der Waals surface area contributed by atoms with Crippen LogP contribution in [-0.4, -0.2) is 13.1 Å². The molecule has 0 saturated carbocycles. The topological polar surface area (TPSA) is 12.0 Å². The Kier molecular flexibility index (Phi) is 4.75. The second-order valence-corrected chi connectivity index (χ2v) is 4.56. The van der Waals surface area contributed by atoms with E-state index in [0.717, 1.165) is 13.1 Å². The van der Waals surface area contributed by atoms with Gasteiger partial charge in [-0.1, -0.05) is 30.7 Å². The van der Waals surface area contributed by atoms with Crippen molar-refractivity contribution in [2.24, 2.45) is 0 Å². The van der Waals surface area contributed by atoms with Gasteiger partial charge in [0.2, 0.25) is 0 Å². The summed E-state index contributed by atoms with van der Waals surface area (Å²) in [4.78, 5) is 0. The molecule has 0 heterocycles. The number of aryl methyl sites for hydroxylation is 3. The van der Waals surface area contributed by atoms with Crippen LogP contribution in [0.5, 0.6) is 0 Å². The van der Waals surface area contributed by atoms with Crippen LogP contribution in [0.15, 0.2) is 17.7 Å². The molecule has 88 valence electrons. The minimum absolute atomic E-state index is 0.975. The zero-order chi connectivity index (χ0) is 12.1. The van der Waals surface area contributed by atoms with Gasteiger partial charge in [-0.15, -0.1) is 0 Å². The fourth-order valence-corrected chi connectivity index (χ4v) is 1.78. The van der Waals surface area contributed by atoms with E-state index in [0.29, 0.717) is 0 Å². The van der Waals surface area contributed by atoms with Gasteiger partial charge >= 0.3 is 0 Å². The second kappa shape index (κ2) is 5.86. The average molecular weight is 217 g/mol. The standard InChI is InChI=1S/C15H23N/c1-6-16-10-11(2)7-15-9-13(4)12(3)8-14(15)5/h7-9,16H,6,10H2,1-5H3. The van der Waals surface area contributed by atoms with Gasteiger partial charge in [0.25, 0.3) is 0 Å². The van der Waals surface area contributed by atoms with E-state index in [9.17, 15) is 0 Å². The highest BCUT2D eigenvalue weighted by Gasteiger charge is 2.00. The number of benzene rings is 1. The number of hydrogen-bond donors (Lipinski definition) is 1. The van der Waals surface area contributed by atoms with Gasteiger partial charge in [-0.05, 0) is 56.5 Å². The maximum absolute atomic E-state index is 3.35. The lowest BCUT2D eigenvalue weighted by Crippen LogP contribution is -2.14. The summed E-state index contributed by atoms with van der Waals surface area (Å²) in [5, 5.41) is 3.35. The molecular weight excluding hydrogens is 194 g/mol. The van der Waals surface area contributed by atoms with Crippen LogP contribution in [0.1, 0.15) is 36.1 Å². The highest BCUT2D eigenvalue weighted by molar-refractivity contribution is 5.58. The van der Waals surface area contributed by atoms with E-state index in [-0.39, 0.29) is 0 Å². The Hall–Kier alpha value is -1.08. The van der Waals surface area contributed by atoms with Crippen LogP contribution in [0.25, 0.3) is 6.08 Å². The Morgan fingerprint density at radius 3 is 2.38 bits per heavy atom. The van der Waals surface area contributed by atoms with Crippen molar-refractivity contribution < 1.29 is 0 Å². The smallest absolute Gasteiger partial charge is 0.0165 e. The molecule has 0 radical (unpaired) electrons. The van der Waals surface area contributed by atoms with Gasteiger partial charge in [-0.3, -0.25) is 0 Å². The second-order valence-electron chi connectivity index (χ2n) is 4.56. The molecule has 0 fully saturated rings. The number of rotatable bonds is 4. The molecule has 1 N–H and O–H groups in total. The molecule has 1 aromatic rings. The van der Waals surface area contributed by atoms with E-state index in [2.05, 4.69) is 58.1 Å². The van der Waals surface area contributed by atoms with Crippen molar-refractivity contribution in [3.05, 3.63) is 40.0 Å². The summed E-state index contributed by atoms with van der Waals surface area (Å²) in [5.74, 6) is 0. The van der Waals surface area contributed by atoms with Crippen molar-refractivity contribution in [3.63, 3.8) is 0 Å². The van der Waals surface area contributed by atoms with Crippen molar-refractivity contribution in [1.82, 2.24) is 5.32 Å². The first-order valence-corrected chi connectivity index (χ1v) is 6.00. The summed E-state index contributed by atoms with van der Waals surface area (Å²) >= 11 is 0.